The average Bonchev–Trinajstić information content (AvgIpc) is 3.35. The maximum atomic E-state index is 13.9. The zero-order chi connectivity index (χ0) is 28.3. The van der Waals surface area contributed by atoms with Gasteiger partial charge in [0.05, 0.1) is 5.56 Å². The third-order valence-corrected chi connectivity index (χ3v) is 6.87. The van der Waals surface area contributed by atoms with Crippen molar-refractivity contribution in [3.8, 4) is 11.1 Å². The largest absolute Gasteiger partial charge is 0.416 e. The van der Waals surface area contributed by atoms with E-state index in [1.807, 2.05) is 11.8 Å². The molecular formula is C29H28F3N7O. The maximum absolute atomic E-state index is 13.9. The fraction of sp³-hybridized carbons (Fsp3) is 0.276. The van der Waals surface area contributed by atoms with Gasteiger partial charge in [0.25, 0.3) is 5.91 Å². The van der Waals surface area contributed by atoms with Crippen LogP contribution in [-0.4, -0.2) is 43.8 Å². The lowest BCUT2D eigenvalue weighted by atomic mass is 10.0. The number of likely N-dealkylation sites (tertiary alicyclic amines) is 1. The van der Waals surface area contributed by atoms with Gasteiger partial charge < -0.3 is 10.6 Å². The highest BCUT2D eigenvalue weighted by molar-refractivity contribution is 6.04. The van der Waals surface area contributed by atoms with Crippen LogP contribution >= 0.6 is 0 Å². The Kier molecular flexibility index (Phi) is 7.74. The molecule has 0 saturated carbocycles. The van der Waals surface area contributed by atoms with Crippen molar-refractivity contribution in [2.75, 3.05) is 23.7 Å². The Labute approximate surface area is 229 Å². The smallest absolute Gasteiger partial charge is 0.324 e. The summed E-state index contributed by atoms with van der Waals surface area (Å²) in [5.74, 6) is 0.168. The predicted molar refractivity (Wildman–Crippen MR) is 146 cm³/mol. The molecule has 1 fully saturated rings. The second-order valence-electron chi connectivity index (χ2n) is 10.0. The molecule has 1 aliphatic rings. The van der Waals surface area contributed by atoms with Crippen molar-refractivity contribution in [1.82, 2.24) is 24.8 Å². The number of amides is 1. The number of benzene rings is 2. The summed E-state index contributed by atoms with van der Waals surface area (Å²) in [6, 6.07) is 8.94. The molecule has 1 aliphatic heterocycles. The van der Waals surface area contributed by atoms with Crippen molar-refractivity contribution in [3.05, 3.63) is 89.8 Å². The van der Waals surface area contributed by atoms with Gasteiger partial charge in [-0.1, -0.05) is 19.1 Å². The molecule has 0 bridgehead atoms. The minimum Gasteiger partial charge on any atom is -0.324 e. The molecule has 3 heterocycles. The van der Waals surface area contributed by atoms with Crippen LogP contribution in [0, 0.1) is 12.8 Å². The standard InChI is InChI=1S/C29H28F3N7O/c1-18-7-8-39(15-18)16-21-5-4-20(9-25(21)29(30,31)32)27(40)37-24-6-3-19(2)26(10-24)38-28-35-13-23(14-36-28)22-11-33-17-34-12-22/h3-6,9-14,17-18H,7-8,15-16H2,1-2H3,(H,37,40)(H,35,36,38)/t18-/m0/s1. The summed E-state index contributed by atoms with van der Waals surface area (Å²) in [6.45, 7) is 5.70. The van der Waals surface area contributed by atoms with Crippen LogP contribution in [-0.2, 0) is 12.7 Å². The molecule has 0 radical (unpaired) electrons. The second-order valence-corrected chi connectivity index (χ2v) is 10.0. The van der Waals surface area contributed by atoms with E-state index in [-0.39, 0.29) is 17.7 Å². The number of rotatable bonds is 7. The lowest BCUT2D eigenvalue weighted by Crippen LogP contribution is -2.23. The zero-order valence-corrected chi connectivity index (χ0v) is 22.0. The minimum atomic E-state index is -4.57. The molecule has 5 rings (SSSR count). The van der Waals surface area contributed by atoms with Crippen molar-refractivity contribution in [3.63, 3.8) is 0 Å². The van der Waals surface area contributed by atoms with Gasteiger partial charge >= 0.3 is 6.18 Å². The second kappa shape index (κ2) is 11.4. The fourth-order valence-electron chi connectivity index (χ4n) is 4.68. The van der Waals surface area contributed by atoms with Gasteiger partial charge in [0, 0.05) is 65.9 Å². The Hall–Kier alpha value is -4.38. The highest BCUT2D eigenvalue weighted by Gasteiger charge is 2.35. The van der Waals surface area contributed by atoms with E-state index < -0.39 is 17.6 Å². The van der Waals surface area contributed by atoms with Crippen LogP contribution in [0.1, 0.15) is 40.4 Å². The van der Waals surface area contributed by atoms with Crippen LogP contribution in [0.3, 0.4) is 0 Å². The van der Waals surface area contributed by atoms with Crippen molar-refractivity contribution in [2.24, 2.45) is 5.92 Å². The number of hydrogen-bond acceptors (Lipinski definition) is 7. The number of halogens is 3. The number of aryl methyl sites for hydroxylation is 1. The summed E-state index contributed by atoms with van der Waals surface area (Å²) in [5, 5.41) is 5.83. The Morgan fingerprint density at radius 3 is 2.42 bits per heavy atom. The Morgan fingerprint density at radius 2 is 1.75 bits per heavy atom. The first kappa shape index (κ1) is 27.2. The van der Waals surface area contributed by atoms with Crippen LogP contribution in [0.15, 0.2) is 67.5 Å². The molecule has 4 aromatic rings. The first-order chi connectivity index (χ1) is 19.2. The van der Waals surface area contributed by atoms with Crippen LogP contribution in [0.25, 0.3) is 11.1 Å². The number of nitrogens with one attached hydrogen (secondary N) is 2. The Balaban J connectivity index is 1.30. The van der Waals surface area contributed by atoms with E-state index in [1.54, 1.807) is 43.0 Å². The highest BCUT2D eigenvalue weighted by Crippen LogP contribution is 2.34. The minimum absolute atomic E-state index is 0.0650. The van der Waals surface area contributed by atoms with Crippen LogP contribution < -0.4 is 10.6 Å². The number of alkyl halides is 3. The number of hydrogen-bond donors (Lipinski definition) is 2. The molecule has 2 aromatic heterocycles. The summed E-state index contributed by atoms with van der Waals surface area (Å²) in [4.78, 5) is 31.6. The van der Waals surface area contributed by atoms with Crippen LogP contribution in [0.4, 0.5) is 30.5 Å². The van der Waals surface area contributed by atoms with Gasteiger partial charge in [-0.05, 0) is 61.2 Å². The maximum Gasteiger partial charge on any atom is 0.416 e. The Morgan fingerprint density at radius 1 is 1.02 bits per heavy atom. The van der Waals surface area contributed by atoms with Crippen molar-refractivity contribution < 1.29 is 18.0 Å². The summed E-state index contributed by atoms with van der Waals surface area (Å²) in [7, 11) is 0. The highest BCUT2D eigenvalue weighted by atomic mass is 19.4. The Bertz CT molecular complexity index is 1490. The lowest BCUT2D eigenvalue weighted by molar-refractivity contribution is -0.138. The summed E-state index contributed by atoms with van der Waals surface area (Å²) in [6.07, 6.45) is 4.44. The van der Waals surface area contributed by atoms with Gasteiger partial charge in [0.1, 0.15) is 6.33 Å². The first-order valence-electron chi connectivity index (χ1n) is 12.8. The number of anilines is 3. The topological polar surface area (TPSA) is 95.9 Å². The van der Waals surface area contributed by atoms with Gasteiger partial charge in [-0.2, -0.15) is 13.2 Å². The summed E-state index contributed by atoms with van der Waals surface area (Å²) < 4.78 is 41.8. The van der Waals surface area contributed by atoms with Gasteiger partial charge in [-0.15, -0.1) is 0 Å². The number of carbonyl (C=O) groups excluding carboxylic acids is 1. The monoisotopic (exact) mass is 547 g/mol. The third-order valence-electron chi connectivity index (χ3n) is 6.87. The number of nitrogens with zero attached hydrogens (tertiary/aromatic N) is 5. The molecule has 8 nitrogen and oxygen atoms in total. The van der Waals surface area contributed by atoms with E-state index in [0.717, 1.165) is 42.3 Å². The van der Waals surface area contributed by atoms with Gasteiger partial charge in [-0.25, -0.2) is 19.9 Å². The summed E-state index contributed by atoms with van der Waals surface area (Å²) in [5.41, 5.74) is 2.77. The SMILES string of the molecule is Cc1ccc(NC(=O)c2ccc(CN3CC[C@H](C)C3)c(C(F)(F)F)c2)cc1Nc1ncc(-c2cncnc2)cn1. The molecule has 40 heavy (non-hydrogen) atoms. The molecule has 2 N–H and O–H groups in total. The van der Waals surface area contributed by atoms with Crippen molar-refractivity contribution in [2.45, 2.75) is 33.0 Å². The molecule has 1 saturated heterocycles. The van der Waals surface area contributed by atoms with E-state index in [9.17, 15) is 18.0 Å². The summed E-state index contributed by atoms with van der Waals surface area (Å²) >= 11 is 0. The average molecular weight is 548 g/mol. The molecule has 0 aliphatic carbocycles. The van der Waals surface area contributed by atoms with E-state index in [4.69, 9.17) is 0 Å². The van der Waals surface area contributed by atoms with E-state index in [0.29, 0.717) is 23.2 Å². The lowest BCUT2D eigenvalue weighted by Gasteiger charge is -2.20. The van der Waals surface area contributed by atoms with Gasteiger partial charge in [0.2, 0.25) is 5.95 Å². The van der Waals surface area contributed by atoms with E-state index in [1.165, 1.54) is 18.5 Å². The third kappa shape index (κ3) is 6.42. The molecule has 0 unspecified atom stereocenters. The molecule has 1 atom stereocenters. The fourth-order valence-corrected chi connectivity index (χ4v) is 4.68. The van der Waals surface area contributed by atoms with Crippen LogP contribution in [0.2, 0.25) is 0 Å². The molecule has 11 heteroatoms. The quantitative estimate of drug-likeness (QED) is 0.289. The molecular weight excluding hydrogens is 519 g/mol. The molecule has 2 aromatic carbocycles. The molecule has 0 spiro atoms. The van der Waals surface area contributed by atoms with Crippen molar-refractivity contribution in [1.29, 1.82) is 0 Å². The van der Waals surface area contributed by atoms with Gasteiger partial charge in [0.15, 0.2) is 0 Å². The number of carbonyl (C=O) groups is 1. The van der Waals surface area contributed by atoms with E-state index in [2.05, 4.69) is 37.5 Å². The number of aromatic nitrogens is 4. The molecule has 1 amide bonds. The van der Waals surface area contributed by atoms with E-state index >= 15 is 0 Å². The van der Waals surface area contributed by atoms with Crippen LogP contribution in [0.5, 0.6) is 0 Å². The molecule has 206 valence electrons. The predicted octanol–water partition coefficient (Wildman–Crippen LogP) is 6.10. The normalized spacial score (nSPS) is 15.7. The zero-order valence-electron chi connectivity index (χ0n) is 22.0. The first-order valence-corrected chi connectivity index (χ1v) is 12.8. The van der Waals surface area contributed by atoms with Crippen molar-refractivity contribution >= 4 is 23.2 Å². The van der Waals surface area contributed by atoms with Gasteiger partial charge in [-0.3, -0.25) is 9.69 Å².